The normalized spacial score (nSPS) is 11.7. The van der Waals surface area contributed by atoms with Gasteiger partial charge in [-0.3, -0.25) is 0 Å². The molecule has 1 unspecified atom stereocenters. The molecule has 0 fully saturated rings. The van der Waals surface area contributed by atoms with Crippen LogP contribution in [0, 0.1) is 23.0 Å². The number of rotatable bonds is 3. The van der Waals surface area contributed by atoms with Gasteiger partial charge in [-0.25, -0.2) is 8.78 Å². The van der Waals surface area contributed by atoms with Crippen LogP contribution in [0.3, 0.4) is 0 Å². The van der Waals surface area contributed by atoms with Crippen molar-refractivity contribution in [3.8, 4) is 6.07 Å². The van der Waals surface area contributed by atoms with E-state index in [0.29, 0.717) is 5.69 Å². The fourth-order valence-corrected chi connectivity index (χ4v) is 1.85. The number of nitrogens with one attached hydrogen (secondary N) is 1. The van der Waals surface area contributed by atoms with Crippen molar-refractivity contribution in [2.45, 2.75) is 13.0 Å². The first kappa shape index (κ1) is 13.0. The average molecular weight is 258 g/mol. The Hall–Kier alpha value is -2.41. The first-order valence-corrected chi connectivity index (χ1v) is 5.82. The molecule has 2 nitrogen and oxygen atoms in total. The maximum atomic E-state index is 13.4. The molecule has 0 saturated carbocycles. The molecule has 2 aromatic rings. The zero-order chi connectivity index (χ0) is 13.8. The van der Waals surface area contributed by atoms with Crippen LogP contribution in [0.15, 0.2) is 42.5 Å². The van der Waals surface area contributed by atoms with Gasteiger partial charge in [0.25, 0.3) is 0 Å². The molecule has 0 radical (unpaired) electrons. The molecule has 19 heavy (non-hydrogen) atoms. The van der Waals surface area contributed by atoms with Gasteiger partial charge in [0.2, 0.25) is 0 Å². The molecule has 1 N–H and O–H groups in total. The van der Waals surface area contributed by atoms with Crippen molar-refractivity contribution >= 4 is 5.69 Å². The van der Waals surface area contributed by atoms with Gasteiger partial charge in [-0.15, -0.1) is 0 Å². The van der Waals surface area contributed by atoms with Crippen LogP contribution in [0.1, 0.15) is 24.1 Å². The number of halogens is 2. The summed E-state index contributed by atoms with van der Waals surface area (Å²) in [6.07, 6.45) is 0. The summed E-state index contributed by atoms with van der Waals surface area (Å²) in [6, 6.07) is 12.1. The molecular formula is C15H12F2N2. The number of hydrogen-bond acceptors (Lipinski definition) is 2. The zero-order valence-corrected chi connectivity index (χ0v) is 10.3. The highest BCUT2D eigenvalue weighted by molar-refractivity contribution is 5.58. The number of hydrogen-bond donors (Lipinski definition) is 1. The van der Waals surface area contributed by atoms with Crippen LogP contribution in [0.5, 0.6) is 0 Å². The number of benzene rings is 2. The molecule has 0 aliphatic heterocycles. The number of anilines is 1. The van der Waals surface area contributed by atoms with E-state index in [1.165, 1.54) is 24.3 Å². The fraction of sp³-hybridized carbons (Fsp3) is 0.133. The maximum Gasteiger partial charge on any atom is 0.143 e. The van der Waals surface area contributed by atoms with E-state index >= 15 is 0 Å². The SMILES string of the molecule is CC(Nc1cccc(F)c1C#N)c1cccc(F)c1. The van der Waals surface area contributed by atoms with Gasteiger partial charge in [-0.1, -0.05) is 18.2 Å². The highest BCUT2D eigenvalue weighted by Crippen LogP contribution is 2.24. The molecule has 0 saturated heterocycles. The van der Waals surface area contributed by atoms with Gasteiger partial charge in [0, 0.05) is 6.04 Å². The zero-order valence-electron chi connectivity index (χ0n) is 10.3. The monoisotopic (exact) mass is 258 g/mol. The molecule has 0 amide bonds. The summed E-state index contributed by atoms with van der Waals surface area (Å²) in [7, 11) is 0. The van der Waals surface area contributed by atoms with E-state index in [-0.39, 0.29) is 17.4 Å². The number of nitriles is 1. The predicted molar refractivity (Wildman–Crippen MR) is 69.6 cm³/mol. The lowest BCUT2D eigenvalue weighted by Gasteiger charge is -2.16. The van der Waals surface area contributed by atoms with Crippen molar-refractivity contribution in [2.75, 3.05) is 5.32 Å². The molecule has 1 atom stereocenters. The van der Waals surface area contributed by atoms with E-state index in [1.54, 1.807) is 18.2 Å². The van der Waals surface area contributed by atoms with E-state index in [1.807, 2.05) is 13.0 Å². The van der Waals surface area contributed by atoms with E-state index in [4.69, 9.17) is 5.26 Å². The molecule has 0 aromatic heterocycles. The third kappa shape index (κ3) is 2.89. The van der Waals surface area contributed by atoms with E-state index in [9.17, 15) is 8.78 Å². The Morgan fingerprint density at radius 2 is 1.89 bits per heavy atom. The van der Waals surface area contributed by atoms with Crippen molar-refractivity contribution in [1.29, 1.82) is 5.26 Å². The van der Waals surface area contributed by atoms with Gasteiger partial charge in [0.1, 0.15) is 23.3 Å². The third-order valence-corrected chi connectivity index (χ3v) is 2.85. The van der Waals surface area contributed by atoms with Gasteiger partial charge in [0.05, 0.1) is 5.69 Å². The van der Waals surface area contributed by atoms with Crippen LogP contribution in [-0.4, -0.2) is 0 Å². The molecular weight excluding hydrogens is 246 g/mol. The molecule has 2 rings (SSSR count). The Kier molecular flexibility index (Phi) is 3.76. The lowest BCUT2D eigenvalue weighted by Crippen LogP contribution is -2.08. The van der Waals surface area contributed by atoms with Crippen LogP contribution < -0.4 is 5.32 Å². The van der Waals surface area contributed by atoms with E-state index in [0.717, 1.165) is 5.56 Å². The minimum Gasteiger partial charge on any atom is -0.377 e. The topological polar surface area (TPSA) is 35.8 Å². The quantitative estimate of drug-likeness (QED) is 0.902. The standard InChI is InChI=1S/C15H12F2N2/c1-10(11-4-2-5-12(16)8-11)19-15-7-3-6-14(17)13(15)9-18/h2-8,10,19H,1H3. The van der Waals surface area contributed by atoms with Crippen molar-refractivity contribution in [2.24, 2.45) is 0 Å². The summed E-state index contributed by atoms with van der Waals surface area (Å²) in [6.45, 7) is 1.82. The third-order valence-electron chi connectivity index (χ3n) is 2.85. The summed E-state index contributed by atoms with van der Waals surface area (Å²) >= 11 is 0. The largest absolute Gasteiger partial charge is 0.377 e. The molecule has 0 aliphatic rings. The average Bonchev–Trinajstić information content (AvgIpc) is 2.39. The van der Waals surface area contributed by atoms with Crippen LogP contribution >= 0.6 is 0 Å². The number of nitrogens with zero attached hydrogens (tertiary/aromatic N) is 1. The predicted octanol–water partition coefficient (Wildman–Crippen LogP) is 4.01. The molecule has 2 aromatic carbocycles. The lowest BCUT2D eigenvalue weighted by molar-refractivity contribution is 0.621. The molecule has 0 spiro atoms. The summed E-state index contributed by atoms with van der Waals surface area (Å²) in [5.74, 6) is -0.898. The summed E-state index contributed by atoms with van der Waals surface area (Å²) in [4.78, 5) is 0. The first-order valence-electron chi connectivity index (χ1n) is 5.82. The smallest absolute Gasteiger partial charge is 0.143 e. The van der Waals surface area contributed by atoms with Gasteiger partial charge in [0.15, 0.2) is 0 Å². The highest BCUT2D eigenvalue weighted by Gasteiger charge is 2.11. The van der Waals surface area contributed by atoms with Gasteiger partial charge in [-0.2, -0.15) is 5.26 Å². The van der Waals surface area contributed by atoms with E-state index in [2.05, 4.69) is 5.32 Å². The Labute approximate surface area is 110 Å². The van der Waals surface area contributed by atoms with Crippen molar-refractivity contribution in [1.82, 2.24) is 0 Å². The van der Waals surface area contributed by atoms with Crippen molar-refractivity contribution in [3.05, 3.63) is 65.2 Å². The summed E-state index contributed by atoms with van der Waals surface area (Å²) < 4.78 is 26.6. The second-order valence-electron chi connectivity index (χ2n) is 4.20. The fourth-order valence-electron chi connectivity index (χ4n) is 1.85. The van der Waals surface area contributed by atoms with Crippen molar-refractivity contribution < 1.29 is 8.78 Å². The van der Waals surface area contributed by atoms with Crippen LogP contribution in [-0.2, 0) is 0 Å². The second kappa shape index (κ2) is 5.49. The molecule has 0 heterocycles. The minimum atomic E-state index is -0.570. The molecule has 0 bridgehead atoms. The Bertz CT molecular complexity index is 632. The van der Waals surface area contributed by atoms with Crippen LogP contribution in [0.2, 0.25) is 0 Å². The Morgan fingerprint density at radius 3 is 2.58 bits per heavy atom. The summed E-state index contributed by atoms with van der Waals surface area (Å²) in [5.41, 5.74) is 1.10. The second-order valence-corrected chi connectivity index (χ2v) is 4.20. The molecule has 4 heteroatoms. The molecule has 0 aliphatic carbocycles. The van der Waals surface area contributed by atoms with Crippen LogP contribution in [0.4, 0.5) is 14.5 Å². The van der Waals surface area contributed by atoms with Gasteiger partial charge >= 0.3 is 0 Å². The minimum absolute atomic E-state index is 0.0363. The van der Waals surface area contributed by atoms with Crippen molar-refractivity contribution in [3.63, 3.8) is 0 Å². The molecule has 96 valence electrons. The maximum absolute atomic E-state index is 13.4. The van der Waals surface area contributed by atoms with Gasteiger partial charge in [-0.05, 0) is 36.8 Å². The van der Waals surface area contributed by atoms with E-state index < -0.39 is 5.82 Å². The Balaban J connectivity index is 2.27. The highest BCUT2D eigenvalue weighted by atomic mass is 19.1. The summed E-state index contributed by atoms with van der Waals surface area (Å²) in [5, 5.41) is 12.0. The Morgan fingerprint density at radius 1 is 1.16 bits per heavy atom. The van der Waals surface area contributed by atoms with Crippen LogP contribution in [0.25, 0.3) is 0 Å². The van der Waals surface area contributed by atoms with Gasteiger partial charge < -0.3 is 5.32 Å². The first-order chi connectivity index (χ1) is 9.11. The lowest BCUT2D eigenvalue weighted by atomic mass is 10.1.